The third-order valence-electron chi connectivity index (χ3n) is 2.51. The lowest BCUT2D eigenvalue weighted by molar-refractivity contribution is -0.384. The second-order valence-electron chi connectivity index (χ2n) is 5.39. The molecular weight excluding hydrogens is 232 g/mol. The first kappa shape index (κ1) is 13.7. The number of hydrogen-bond acceptors (Lipinski definition) is 3. The van der Waals surface area contributed by atoms with Gasteiger partial charge in [0.1, 0.15) is 0 Å². The highest BCUT2D eigenvalue weighted by Gasteiger charge is 2.11. The number of anilines is 1. The summed E-state index contributed by atoms with van der Waals surface area (Å²) in [5.74, 6) is 0. The van der Waals surface area contributed by atoms with E-state index in [1.807, 2.05) is 0 Å². The molecule has 0 unspecified atom stereocenters. The average molecular weight is 252 g/mol. The third-order valence-corrected chi connectivity index (χ3v) is 4.36. The lowest BCUT2D eigenvalue weighted by Gasteiger charge is -2.15. The fraction of sp³-hybridized carbons (Fsp3) is 0.500. The van der Waals surface area contributed by atoms with Gasteiger partial charge in [-0.05, 0) is 18.6 Å². The highest BCUT2D eigenvalue weighted by Crippen LogP contribution is 2.16. The summed E-state index contributed by atoms with van der Waals surface area (Å²) >= 11 is 0. The van der Waals surface area contributed by atoms with Gasteiger partial charge in [-0.1, -0.05) is 25.7 Å². The highest BCUT2D eigenvalue weighted by atomic mass is 28.3. The Morgan fingerprint density at radius 2 is 1.82 bits per heavy atom. The molecule has 5 heteroatoms. The summed E-state index contributed by atoms with van der Waals surface area (Å²) in [7, 11) is -0.949. The zero-order valence-corrected chi connectivity index (χ0v) is 11.7. The maximum atomic E-state index is 10.5. The summed E-state index contributed by atoms with van der Waals surface area (Å²) in [6.45, 7) is 8.01. The lowest BCUT2D eigenvalue weighted by Crippen LogP contribution is -2.20. The Morgan fingerprint density at radius 3 is 2.29 bits per heavy atom. The van der Waals surface area contributed by atoms with E-state index < -0.39 is 8.07 Å². The van der Waals surface area contributed by atoms with Gasteiger partial charge >= 0.3 is 0 Å². The van der Waals surface area contributed by atoms with Crippen LogP contribution < -0.4 is 5.32 Å². The largest absolute Gasteiger partial charge is 0.385 e. The Bertz CT molecular complexity index is 371. The number of non-ortho nitro benzene ring substituents is 1. The zero-order chi connectivity index (χ0) is 12.9. The second-order valence-corrected chi connectivity index (χ2v) is 11.0. The summed E-state index contributed by atoms with van der Waals surface area (Å²) in [6, 6.07) is 7.87. The van der Waals surface area contributed by atoms with Gasteiger partial charge in [0, 0.05) is 32.4 Å². The van der Waals surface area contributed by atoms with Crippen molar-refractivity contribution in [2.45, 2.75) is 32.1 Å². The first-order valence-corrected chi connectivity index (χ1v) is 9.57. The molecular formula is C12H20N2O2Si. The molecule has 0 atom stereocenters. The first-order valence-electron chi connectivity index (χ1n) is 5.87. The molecule has 1 aromatic rings. The quantitative estimate of drug-likeness (QED) is 0.363. The van der Waals surface area contributed by atoms with Crippen LogP contribution in [0.3, 0.4) is 0 Å². The van der Waals surface area contributed by atoms with Crippen LogP contribution in [0.5, 0.6) is 0 Å². The topological polar surface area (TPSA) is 55.2 Å². The number of nitro groups is 1. The lowest BCUT2D eigenvalue weighted by atomic mass is 10.3. The predicted molar refractivity (Wildman–Crippen MR) is 74.4 cm³/mol. The van der Waals surface area contributed by atoms with Crippen LogP contribution in [-0.4, -0.2) is 19.5 Å². The summed E-state index contributed by atoms with van der Waals surface area (Å²) in [5.41, 5.74) is 1.09. The van der Waals surface area contributed by atoms with Crippen molar-refractivity contribution in [3.8, 4) is 0 Å². The van der Waals surface area contributed by atoms with Gasteiger partial charge in [0.05, 0.1) is 4.92 Å². The SMILES string of the molecule is C[Si](C)(C)CCCNc1ccc([N+](=O)[O-])cc1. The predicted octanol–water partition coefficient (Wildman–Crippen LogP) is 3.74. The fourth-order valence-corrected chi connectivity index (χ4v) is 2.79. The smallest absolute Gasteiger partial charge is 0.269 e. The van der Waals surface area contributed by atoms with E-state index in [1.54, 1.807) is 12.1 Å². The molecule has 0 saturated heterocycles. The molecule has 1 aromatic carbocycles. The minimum absolute atomic E-state index is 0.137. The highest BCUT2D eigenvalue weighted by molar-refractivity contribution is 6.76. The maximum Gasteiger partial charge on any atom is 0.269 e. The number of hydrogen-bond donors (Lipinski definition) is 1. The van der Waals surface area contributed by atoms with Gasteiger partial charge in [0.2, 0.25) is 0 Å². The van der Waals surface area contributed by atoms with E-state index in [-0.39, 0.29) is 10.6 Å². The molecule has 0 bridgehead atoms. The van der Waals surface area contributed by atoms with Crippen LogP contribution in [0.25, 0.3) is 0 Å². The Balaban J connectivity index is 2.35. The summed E-state index contributed by atoms with van der Waals surface area (Å²) in [6.07, 6.45) is 1.16. The van der Waals surface area contributed by atoms with Crippen molar-refractivity contribution in [2.75, 3.05) is 11.9 Å². The van der Waals surface area contributed by atoms with Crippen LogP contribution in [0, 0.1) is 10.1 Å². The molecule has 1 N–H and O–H groups in total. The van der Waals surface area contributed by atoms with Gasteiger partial charge in [0.25, 0.3) is 5.69 Å². The summed E-state index contributed by atoms with van der Waals surface area (Å²) < 4.78 is 0. The van der Waals surface area contributed by atoms with Crippen molar-refractivity contribution in [3.63, 3.8) is 0 Å². The van der Waals surface area contributed by atoms with Crippen LogP contribution in [0.2, 0.25) is 25.7 Å². The number of benzene rings is 1. The minimum Gasteiger partial charge on any atom is -0.385 e. The molecule has 0 radical (unpaired) electrons. The van der Waals surface area contributed by atoms with Gasteiger partial charge in [-0.25, -0.2) is 0 Å². The van der Waals surface area contributed by atoms with Crippen LogP contribution in [0.4, 0.5) is 11.4 Å². The van der Waals surface area contributed by atoms with Gasteiger partial charge < -0.3 is 5.32 Å². The molecule has 94 valence electrons. The van der Waals surface area contributed by atoms with Crippen LogP contribution in [0.1, 0.15) is 6.42 Å². The third kappa shape index (κ3) is 5.49. The average Bonchev–Trinajstić information content (AvgIpc) is 2.24. The van der Waals surface area contributed by atoms with Crippen LogP contribution in [0.15, 0.2) is 24.3 Å². The van der Waals surface area contributed by atoms with Crippen molar-refractivity contribution in [1.82, 2.24) is 0 Å². The first-order chi connectivity index (χ1) is 7.88. The molecule has 0 aliphatic rings. The zero-order valence-electron chi connectivity index (χ0n) is 10.7. The molecule has 0 amide bonds. The molecule has 4 nitrogen and oxygen atoms in total. The Morgan fingerprint density at radius 1 is 1.24 bits per heavy atom. The molecule has 0 aliphatic carbocycles. The van der Waals surface area contributed by atoms with Gasteiger partial charge in [-0.3, -0.25) is 10.1 Å². The van der Waals surface area contributed by atoms with Gasteiger partial charge in [-0.2, -0.15) is 0 Å². The molecule has 0 spiro atoms. The molecule has 17 heavy (non-hydrogen) atoms. The van der Waals surface area contributed by atoms with Crippen LogP contribution >= 0.6 is 0 Å². The minimum atomic E-state index is -0.949. The normalized spacial score (nSPS) is 11.2. The fourth-order valence-electron chi connectivity index (χ4n) is 1.55. The number of rotatable bonds is 6. The van der Waals surface area contributed by atoms with Crippen molar-refractivity contribution >= 4 is 19.4 Å². The van der Waals surface area contributed by atoms with E-state index >= 15 is 0 Å². The molecule has 0 heterocycles. The van der Waals surface area contributed by atoms with E-state index in [4.69, 9.17) is 0 Å². The van der Waals surface area contributed by atoms with Crippen molar-refractivity contribution in [3.05, 3.63) is 34.4 Å². The molecule has 0 saturated carbocycles. The van der Waals surface area contributed by atoms with E-state index in [9.17, 15) is 10.1 Å². The summed E-state index contributed by atoms with van der Waals surface area (Å²) in [4.78, 5) is 10.1. The Labute approximate surface area is 103 Å². The molecule has 0 aromatic heterocycles. The number of nitrogens with zero attached hydrogens (tertiary/aromatic N) is 1. The van der Waals surface area contributed by atoms with Crippen molar-refractivity contribution < 1.29 is 4.92 Å². The van der Waals surface area contributed by atoms with E-state index in [0.29, 0.717) is 0 Å². The second kappa shape index (κ2) is 5.81. The molecule has 1 rings (SSSR count). The standard InChI is InChI=1S/C12H20N2O2Si/c1-17(2,3)10-4-9-13-11-5-7-12(8-6-11)14(15)16/h5-8,13H,4,9-10H2,1-3H3. The number of nitro benzene ring substituents is 1. The maximum absolute atomic E-state index is 10.5. The molecule has 0 aliphatic heterocycles. The monoisotopic (exact) mass is 252 g/mol. The molecule has 0 fully saturated rings. The van der Waals surface area contributed by atoms with E-state index in [1.165, 1.54) is 18.2 Å². The van der Waals surface area contributed by atoms with Crippen molar-refractivity contribution in [1.29, 1.82) is 0 Å². The van der Waals surface area contributed by atoms with E-state index in [0.717, 1.165) is 18.7 Å². The van der Waals surface area contributed by atoms with Crippen molar-refractivity contribution in [2.24, 2.45) is 0 Å². The van der Waals surface area contributed by atoms with Crippen LogP contribution in [-0.2, 0) is 0 Å². The van der Waals surface area contributed by atoms with E-state index in [2.05, 4.69) is 25.0 Å². The van der Waals surface area contributed by atoms with Gasteiger partial charge in [0.15, 0.2) is 0 Å². The Hall–Kier alpha value is -1.36. The summed E-state index contributed by atoms with van der Waals surface area (Å²) in [5, 5.41) is 13.8. The number of nitrogens with one attached hydrogen (secondary N) is 1. The van der Waals surface area contributed by atoms with Gasteiger partial charge in [-0.15, -0.1) is 0 Å². The Kier molecular flexibility index (Phi) is 4.69.